The number of rotatable bonds is 7. The molecule has 2 aromatic heterocycles. The number of hydrogen-bond donors (Lipinski definition) is 3. The van der Waals surface area contributed by atoms with Crippen molar-refractivity contribution in [2.45, 2.75) is 19.8 Å². The van der Waals surface area contributed by atoms with Gasteiger partial charge >= 0.3 is 11.6 Å². The minimum atomic E-state index is -0.633. The third-order valence-corrected chi connectivity index (χ3v) is 3.88. The van der Waals surface area contributed by atoms with Crippen LogP contribution < -0.4 is 16.2 Å². The second-order valence-electron chi connectivity index (χ2n) is 6.13. The fourth-order valence-corrected chi connectivity index (χ4v) is 2.41. The summed E-state index contributed by atoms with van der Waals surface area (Å²) < 4.78 is 4.96. The van der Waals surface area contributed by atoms with E-state index in [0.717, 1.165) is 11.9 Å². The first-order chi connectivity index (χ1) is 13.5. The van der Waals surface area contributed by atoms with Crippen molar-refractivity contribution in [2.75, 3.05) is 10.7 Å². The first-order valence-corrected chi connectivity index (χ1v) is 8.42. The van der Waals surface area contributed by atoms with Gasteiger partial charge in [-0.3, -0.25) is 25.8 Å². The quantitative estimate of drug-likeness (QED) is 0.417. The highest BCUT2D eigenvalue weighted by Gasteiger charge is 2.24. The van der Waals surface area contributed by atoms with Gasteiger partial charge < -0.3 is 9.73 Å². The molecule has 2 heterocycles. The number of amides is 1. The number of hydrogen-bond acceptors (Lipinski definition) is 8. The molecule has 0 aliphatic rings. The molecular formula is C18H18N6O4. The van der Waals surface area contributed by atoms with E-state index in [2.05, 4.69) is 40.0 Å². The molecule has 0 saturated carbocycles. The van der Waals surface area contributed by atoms with E-state index < -0.39 is 16.5 Å². The molecule has 1 amide bonds. The van der Waals surface area contributed by atoms with E-state index in [1.54, 1.807) is 6.07 Å². The maximum Gasteiger partial charge on any atom is 0.355 e. The number of carbonyl (C=O) groups excluding carboxylic acids is 1. The van der Waals surface area contributed by atoms with Gasteiger partial charge in [-0.15, -0.1) is 0 Å². The molecule has 0 aliphatic heterocycles. The van der Waals surface area contributed by atoms with Crippen LogP contribution >= 0.6 is 0 Å². The number of benzene rings is 1. The molecule has 10 heteroatoms. The van der Waals surface area contributed by atoms with Gasteiger partial charge in [-0.05, 0) is 35.7 Å². The Morgan fingerprint density at radius 2 is 1.86 bits per heavy atom. The van der Waals surface area contributed by atoms with Gasteiger partial charge in [0.15, 0.2) is 5.76 Å². The van der Waals surface area contributed by atoms with Crippen molar-refractivity contribution in [1.29, 1.82) is 0 Å². The monoisotopic (exact) mass is 382 g/mol. The summed E-state index contributed by atoms with van der Waals surface area (Å²) in [6, 6.07) is 10.5. The second-order valence-corrected chi connectivity index (χ2v) is 6.13. The van der Waals surface area contributed by atoms with Crippen molar-refractivity contribution in [3.05, 3.63) is 70.4 Å². The maximum atomic E-state index is 11.9. The summed E-state index contributed by atoms with van der Waals surface area (Å²) in [4.78, 5) is 30.7. The normalized spacial score (nSPS) is 10.5. The van der Waals surface area contributed by atoms with Crippen molar-refractivity contribution in [3.63, 3.8) is 0 Å². The van der Waals surface area contributed by atoms with E-state index >= 15 is 0 Å². The predicted octanol–water partition coefficient (Wildman–Crippen LogP) is 3.60. The molecule has 0 unspecified atom stereocenters. The van der Waals surface area contributed by atoms with E-state index in [0.29, 0.717) is 11.6 Å². The van der Waals surface area contributed by atoms with Gasteiger partial charge in [0.1, 0.15) is 6.33 Å². The molecule has 0 atom stereocenters. The molecule has 10 nitrogen and oxygen atoms in total. The first-order valence-electron chi connectivity index (χ1n) is 8.42. The maximum absolute atomic E-state index is 11.9. The fourth-order valence-electron chi connectivity index (χ4n) is 2.41. The van der Waals surface area contributed by atoms with Crippen LogP contribution in [0.4, 0.5) is 23.0 Å². The molecule has 3 N–H and O–H groups in total. The van der Waals surface area contributed by atoms with Gasteiger partial charge in [0.25, 0.3) is 0 Å². The highest BCUT2D eigenvalue weighted by atomic mass is 16.6. The lowest BCUT2D eigenvalue weighted by Gasteiger charge is -2.11. The van der Waals surface area contributed by atoms with Gasteiger partial charge in [0, 0.05) is 5.69 Å². The topological polar surface area (TPSA) is 135 Å². The zero-order valence-electron chi connectivity index (χ0n) is 15.2. The van der Waals surface area contributed by atoms with Crippen LogP contribution in [0.1, 0.15) is 35.9 Å². The molecule has 28 heavy (non-hydrogen) atoms. The van der Waals surface area contributed by atoms with Gasteiger partial charge in [-0.25, -0.2) is 9.97 Å². The Labute approximate surface area is 160 Å². The van der Waals surface area contributed by atoms with Crippen molar-refractivity contribution in [2.24, 2.45) is 0 Å². The lowest BCUT2D eigenvalue weighted by Crippen LogP contribution is -2.30. The largest absolute Gasteiger partial charge is 0.459 e. The lowest BCUT2D eigenvalue weighted by atomic mass is 10.0. The number of nitrogens with one attached hydrogen (secondary N) is 3. The Hall–Kier alpha value is -3.95. The van der Waals surface area contributed by atoms with E-state index in [1.165, 1.54) is 12.3 Å². The highest BCUT2D eigenvalue weighted by Crippen LogP contribution is 2.31. The third kappa shape index (κ3) is 4.23. The standard InChI is InChI=1S/C18H18N6O4/c1-11(2)12-5-7-13(8-6-12)21-16-15(24(26)27)17(20-10-19-16)22-23-18(25)14-4-3-9-28-14/h3-11H,1-2H3,(H,23,25)(H2,19,20,21,22). The molecule has 0 radical (unpaired) electrons. The molecule has 0 spiro atoms. The van der Waals surface area contributed by atoms with Crippen LogP contribution in [0.25, 0.3) is 0 Å². The number of nitrogens with zero attached hydrogens (tertiary/aromatic N) is 3. The van der Waals surface area contributed by atoms with Crippen LogP contribution in [0.2, 0.25) is 0 Å². The smallest absolute Gasteiger partial charge is 0.355 e. The fraction of sp³-hybridized carbons (Fsp3) is 0.167. The van der Waals surface area contributed by atoms with Crippen LogP contribution in [0.5, 0.6) is 0 Å². The molecule has 0 aliphatic carbocycles. The Morgan fingerprint density at radius 3 is 2.46 bits per heavy atom. The van der Waals surface area contributed by atoms with Crippen LogP contribution in [-0.4, -0.2) is 20.8 Å². The Morgan fingerprint density at radius 1 is 1.14 bits per heavy atom. The lowest BCUT2D eigenvalue weighted by molar-refractivity contribution is -0.383. The number of aromatic nitrogens is 2. The van der Waals surface area contributed by atoms with E-state index in [1.807, 2.05) is 24.3 Å². The highest BCUT2D eigenvalue weighted by molar-refractivity contribution is 5.92. The third-order valence-electron chi connectivity index (χ3n) is 3.88. The zero-order valence-corrected chi connectivity index (χ0v) is 15.2. The molecule has 3 rings (SSSR count). The van der Waals surface area contributed by atoms with E-state index in [4.69, 9.17) is 4.42 Å². The molecule has 1 aromatic carbocycles. The number of hydrazine groups is 1. The Kier molecular flexibility index (Phi) is 5.49. The molecule has 144 valence electrons. The van der Waals surface area contributed by atoms with Crippen LogP contribution in [-0.2, 0) is 0 Å². The van der Waals surface area contributed by atoms with Gasteiger partial charge in [0.05, 0.1) is 11.2 Å². The minimum absolute atomic E-state index is 0.00737. The average molecular weight is 382 g/mol. The van der Waals surface area contributed by atoms with Crippen molar-refractivity contribution in [1.82, 2.24) is 15.4 Å². The van der Waals surface area contributed by atoms with Crippen LogP contribution in [0.15, 0.2) is 53.4 Å². The van der Waals surface area contributed by atoms with Crippen molar-refractivity contribution in [3.8, 4) is 0 Å². The van der Waals surface area contributed by atoms with Gasteiger partial charge in [0.2, 0.25) is 11.6 Å². The van der Waals surface area contributed by atoms with Crippen LogP contribution in [0.3, 0.4) is 0 Å². The molecule has 3 aromatic rings. The Balaban J connectivity index is 1.81. The summed E-state index contributed by atoms with van der Waals surface area (Å²) in [7, 11) is 0. The predicted molar refractivity (Wildman–Crippen MR) is 102 cm³/mol. The number of nitro groups is 1. The summed E-state index contributed by atoms with van der Waals surface area (Å²) >= 11 is 0. The molecule has 0 fully saturated rings. The molecule has 0 saturated heterocycles. The summed E-state index contributed by atoms with van der Waals surface area (Å²) in [5.41, 5.74) is 6.12. The Bertz CT molecular complexity index is 970. The average Bonchev–Trinajstić information content (AvgIpc) is 3.21. The zero-order chi connectivity index (χ0) is 20.1. The van der Waals surface area contributed by atoms with E-state index in [-0.39, 0.29) is 17.4 Å². The summed E-state index contributed by atoms with van der Waals surface area (Å²) in [6.45, 7) is 4.15. The first kappa shape index (κ1) is 18.8. The number of anilines is 3. The van der Waals surface area contributed by atoms with Crippen molar-refractivity contribution >= 4 is 28.9 Å². The van der Waals surface area contributed by atoms with Crippen molar-refractivity contribution < 1.29 is 14.1 Å². The second kappa shape index (κ2) is 8.16. The summed E-state index contributed by atoms with van der Waals surface area (Å²) in [5.74, 6) is -0.353. The summed E-state index contributed by atoms with van der Waals surface area (Å²) in [5, 5.41) is 14.5. The van der Waals surface area contributed by atoms with Gasteiger partial charge in [-0.1, -0.05) is 26.0 Å². The minimum Gasteiger partial charge on any atom is -0.459 e. The molecule has 0 bridgehead atoms. The summed E-state index contributed by atoms with van der Waals surface area (Å²) in [6.07, 6.45) is 2.49. The van der Waals surface area contributed by atoms with E-state index in [9.17, 15) is 14.9 Å². The molecular weight excluding hydrogens is 364 g/mol. The number of carbonyl (C=O) groups is 1. The van der Waals surface area contributed by atoms with Gasteiger partial charge in [-0.2, -0.15) is 0 Å². The SMILES string of the molecule is CC(C)c1ccc(Nc2ncnc(NNC(=O)c3ccco3)c2[N+](=O)[O-])cc1. The number of furan rings is 1. The van der Waals surface area contributed by atoms with Crippen LogP contribution in [0, 0.1) is 10.1 Å².